The molecule has 0 radical (unpaired) electrons. The van der Waals surface area contributed by atoms with E-state index >= 15 is 0 Å². The van der Waals surface area contributed by atoms with Gasteiger partial charge in [-0.1, -0.05) is 72.8 Å². The Kier molecular flexibility index (Phi) is 8.35. The fraction of sp³-hybridized carbons (Fsp3) is 0. The second-order valence-corrected chi connectivity index (χ2v) is 12.2. The Morgan fingerprint density at radius 3 is 0.667 bits per heavy atom. The van der Waals surface area contributed by atoms with Crippen LogP contribution in [-0.2, 0) is 0 Å². The van der Waals surface area contributed by atoms with Gasteiger partial charge in [0.1, 0.15) is 0 Å². The van der Waals surface area contributed by atoms with Gasteiger partial charge in [-0.25, -0.2) is 0 Å². The summed E-state index contributed by atoms with van der Waals surface area (Å²) < 4.78 is 0. The second-order valence-electron chi connectivity index (χ2n) is 12.2. The second kappa shape index (κ2) is 13.0. The summed E-state index contributed by atoms with van der Waals surface area (Å²) >= 11 is 0. The van der Waals surface area contributed by atoms with Crippen molar-refractivity contribution in [2.75, 3.05) is 0 Å². The molecule has 12 nitrogen and oxygen atoms in total. The number of carbonyl (C=O) groups is 6. The van der Waals surface area contributed by atoms with E-state index in [-0.39, 0.29) is 67.4 Å². The highest BCUT2D eigenvalue weighted by Gasteiger charge is 2.35. The summed E-state index contributed by atoms with van der Waals surface area (Å²) in [5.41, 5.74) is 1.68. The molecule has 54 heavy (non-hydrogen) atoms. The molecule has 0 aliphatic heterocycles. The summed E-state index contributed by atoms with van der Waals surface area (Å²) in [6, 6.07) is 26.9. The Bertz CT molecular complexity index is 2400. The van der Waals surface area contributed by atoms with Crippen LogP contribution < -0.4 is 0 Å². The van der Waals surface area contributed by atoms with Crippen LogP contribution in [0.5, 0.6) is 34.5 Å². The van der Waals surface area contributed by atoms with Crippen LogP contribution in [-0.4, -0.2) is 65.3 Å². The van der Waals surface area contributed by atoms with Crippen LogP contribution in [0.3, 0.4) is 0 Å². The highest BCUT2D eigenvalue weighted by atomic mass is 16.3. The number of carbonyl (C=O) groups excluding carboxylic acids is 6. The van der Waals surface area contributed by atoms with Gasteiger partial charge in [-0.3, -0.25) is 28.8 Å². The van der Waals surface area contributed by atoms with E-state index in [0.717, 1.165) is 0 Å². The van der Waals surface area contributed by atoms with Crippen molar-refractivity contribution in [3.05, 3.63) is 176 Å². The van der Waals surface area contributed by atoms with Gasteiger partial charge in [0.2, 0.25) is 0 Å². The number of phenols is 6. The van der Waals surface area contributed by atoms with Crippen LogP contribution in [0.15, 0.2) is 109 Å². The van der Waals surface area contributed by atoms with E-state index < -0.39 is 51.8 Å². The van der Waals surface area contributed by atoms with Gasteiger partial charge in [0.25, 0.3) is 0 Å². The number of hydrogen-bond acceptors (Lipinski definition) is 12. The topological polar surface area (TPSA) is 224 Å². The number of rotatable bonds is 0. The molecule has 0 fully saturated rings. The van der Waals surface area contributed by atoms with Crippen molar-refractivity contribution >= 4 is 34.7 Å². The maximum atomic E-state index is 12.2. The molecule has 0 atom stereocenters. The number of hydrogen-bond donors (Lipinski definition) is 6. The summed E-state index contributed by atoms with van der Waals surface area (Å²) in [7, 11) is 0. The zero-order valence-corrected chi connectivity index (χ0v) is 27.5. The third kappa shape index (κ3) is 5.33. The normalized spacial score (nSPS) is 13.1. The third-order valence-electron chi connectivity index (χ3n) is 9.13. The number of aromatic hydroxyl groups is 6. The van der Waals surface area contributed by atoms with Gasteiger partial charge in [-0.2, -0.15) is 0 Å². The SMILES string of the molecule is O=C1c2ccccc2C(=O)c2c1ccc(O)c2O.O=C1c2ccccc2C(=O)c2c1ccc(O)c2O.O=C1c2ccccc2C(=O)c2c1ccc(O)c2O. The van der Waals surface area contributed by atoms with Crippen LogP contribution in [0.25, 0.3) is 0 Å². The van der Waals surface area contributed by atoms with Crippen LogP contribution >= 0.6 is 0 Å². The van der Waals surface area contributed by atoms with Gasteiger partial charge in [0.05, 0.1) is 16.7 Å². The van der Waals surface area contributed by atoms with Crippen molar-refractivity contribution in [3.8, 4) is 34.5 Å². The van der Waals surface area contributed by atoms with Crippen molar-refractivity contribution in [1.82, 2.24) is 0 Å². The van der Waals surface area contributed by atoms with E-state index in [1.54, 1.807) is 54.6 Å². The van der Waals surface area contributed by atoms with E-state index in [1.165, 1.54) is 54.6 Å². The number of benzene rings is 6. The van der Waals surface area contributed by atoms with E-state index in [0.29, 0.717) is 16.7 Å². The first-order chi connectivity index (χ1) is 25.8. The number of phenolic OH excluding ortho intramolecular Hbond substituents is 6. The molecule has 3 aliphatic carbocycles. The fourth-order valence-corrected chi connectivity index (χ4v) is 6.47. The lowest BCUT2D eigenvalue weighted by Crippen LogP contribution is -2.20. The first-order valence-electron chi connectivity index (χ1n) is 16.0. The van der Waals surface area contributed by atoms with E-state index in [4.69, 9.17) is 0 Å². The molecular weight excluding hydrogens is 696 g/mol. The van der Waals surface area contributed by atoms with Gasteiger partial charge in [-0.15, -0.1) is 0 Å². The minimum absolute atomic E-state index is 0.119. The molecule has 12 heteroatoms. The Balaban J connectivity index is 0.000000125. The monoisotopic (exact) mass is 720 g/mol. The Labute approximate surface area is 304 Å². The van der Waals surface area contributed by atoms with Crippen molar-refractivity contribution in [3.63, 3.8) is 0 Å². The van der Waals surface area contributed by atoms with E-state index in [9.17, 15) is 59.4 Å². The largest absolute Gasteiger partial charge is 0.504 e. The smallest absolute Gasteiger partial charge is 0.198 e. The first kappa shape index (κ1) is 34.6. The maximum absolute atomic E-state index is 12.2. The maximum Gasteiger partial charge on any atom is 0.198 e. The predicted molar refractivity (Wildman–Crippen MR) is 189 cm³/mol. The number of ketones is 6. The Morgan fingerprint density at radius 1 is 0.241 bits per heavy atom. The minimum atomic E-state index is -0.541. The fourth-order valence-electron chi connectivity index (χ4n) is 6.47. The highest BCUT2D eigenvalue weighted by molar-refractivity contribution is 6.31. The Morgan fingerprint density at radius 2 is 0.444 bits per heavy atom. The molecule has 0 saturated carbocycles. The lowest BCUT2D eigenvalue weighted by molar-refractivity contribution is 0.0976. The highest BCUT2D eigenvalue weighted by Crippen LogP contribution is 2.40. The van der Waals surface area contributed by atoms with Crippen molar-refractivity contribution < 1.29 is 59.4 Å². The molecule has 0 heterocycles. The van der Waals surface area contributed by atoms with Crippen molar-refractivity contribution in [1.29, 1.82) is 0 Å². The molecule has 0 saturated heterocycles. The van der Waals surface area contributed by atoms with Crippen LogP contribution in [0.4, 0.5) is 0 Å². The molecule has 264 valence electrons. The molecule has 6 aromatic carbocycles. The standard InChI is InChI=1S/3C14H8O4/c3*15-10-6-5-9-11(14(10)18)13(17)8-4-2-1-3-7(8)12(9)16/h3*1-6,15,18H. The van der Waals surface area contributed by atoms with Crippen LogP contribution in [0.2, 0.25) is 0 Å². The molecule has 9 rings (SSSR count). The van der Waals surface area contributed by atoms with Gasteiger partial charge in [0, 0.05) is 50.1 Å². The molecule has 0 unspecified atom stereocenters. The Hall–Kier alpha value is -7.86. The first-order valence-corrected chi connectivity index (χ1v) is 16.0. The molecule has 0 bridgehead atoms. The zero-order chi connectivity index (χ0) is 38.6. The van der Waals surface area contributed by atoms with E-state index in [1.807, 2.05) is 0 Å². The molecule has 6 N–H and O–H groups in total. The lowest BCUT2D eigenvalue weighted by Gasteiger charge is -2.18. The molecule has 0 spiro atoms. The summed E-state index contributed by atoms with van der Waals surface area (Å²) in [6.45, 7) is 0. The van der Waals surface area contributed by atoms with Crippen LogP contribution in [0, 0.1) is 0 Å². The van der Waals surface area contributed by atoms with Gasteiger partial charge < -0.3 is 30.6 Å². The summed E-state index contributed by atoms with van der Waals surface area (Å²) in [5.74, 6) is -5.17. The average Bonchev–Trinajstić information content (AvgIpc) is 3.18. The summed E-state index contributed by atoms with van der Waals surface area (Å²) in [6.07, 6.45) is 0. The van der Waals surface area contributed by atoms with E-state index in [2.05, 4.69) is 0 Å². The molecular formula is C42H24O12. The molecule has 3 aliphatic rings. The van der Waals surface area contributed by atoms with Gasteiger partial charge >= 0.3 is 0 Å². The zero-order valence-electron chi connectivity index (χ0n) is 27.5. The quantitative estimate of drug-likeness (QED) is 0.105. The molecule has 0 amide bonds. The van der Waals surface area contributed by atoms with Crippen molar-refractivity contribution in [2.24, 2.45) is 0 Å². The molecule has 0 aromatic heterocycles. The summed E-state index contributed by atoms with van der Waals surface area (Å²) in [5, 5.41) is 57.4. The minimum Gasteiger partial charge on any atom is -0.504 e. The number of fused-ring (bicyclic) bond motifs is 6. The van der Waals surface area contributed by atoms with Gasteiger partial charge in [-0.05, 0) is 36.4 Å². The van der Waals surface area contributed by atoms with Crippen molar-refractivity contribution in [2.45, 2.75) is 0 Å². The average molecular weight is 721 g/mol. The lowest BCUT2D eigenvalue weighted by atomic mass is 9.83. The summed E-state index contributed by atoms with van der Waals surface area (Å²) in [4.78, 5) is 73.1. The van der Waals surface area contributed by atoms with Gasteiger partial charge in [0.15, 0.2) is 69.2 Å². The third-order valence-corrected chi connectivity index (χ3v) is 9.13. The predicted octanol–water partition coefficient (Wildman–Crippen LogP) is 5.62. The van der Waals surface area contributed by atoms with Crippen LogP contribution in [0.1, 0.15) is 95.5 Å². The molecule has 6 aromatic rings.